The van der Waals surface area contributed by atoms with E-state index in [1.165, 1.54) is 31.2 Å². The van der Waals surface area contributed by atoms with Crippen molar-refractivity contribution in [1.29, 1.82) is 0 Å². The molecule has 0 spiro atoms. The minimum atomic E-state index is 0.504. The van der Waals surface area contributed by atoms with Crippen LogP contribution in [-0.2, 0) is 0 Å². The van der Waals surface area contributed by atoms with Gasteiger partial charge in [0.05, 0.1) is 22.9 Å². The van der Waals surface area contributed by atoms with Crippen molar-refractivity contribution < 1.29 is 4.52 Å². The lowest BCUT2D eigenvalue weighted by molar-refractivity contribution is 0.432. The molecule has 5 rings (SSSR count). The van der Waals surface area contributed by atoms with Crippen molar-refractivity contribution in [2.75, 3.05) is 0 Å². The number of rotatable bonds is 3. The summed E-state index contributed by atoms with van der Waals surface area (Å²) < 4.78 is 8.71. The summed E-state index contributed by atoms with van der Waals surface area (Å²) in [6.45, 7) is 0. The highest BCUT2D eigenvalue weighted by Crippen LogP contribution is 2.33. The molecule has 1 saturated carbocycles. The third kappa shape index (κ3) is 2.65. The van der Waals surface area contributed by atoms with E-state index in [0.717, 1.165) is 21.1 Å². The van der Waals surface area contributed by atoms with Crippen molar-refractivity contribution in [3.8, 4) is 22.8 Å². The second kappa shape index (κ2) is 6.36. The monoisotopic (exact) mass is 408 g/mol. The molecule has 0 saturated heterocycles. The Labute approximate surface area is 159 Å². The van der Waals surface area contributed by atoms with Gasteiger partial charge in [-0.15, -0.1) is 0 Å². The molecular weight excluding hydrogens is 392 g/mol. The summed E-state index contributed by atoms with van der Waals surface area (Å²) >= 11 is 3.53. The van der Waals surface area contributed by atoms with E-state index in [9.17, 15) is 0 Å². The van der Waals surface area contributed by atoms with Gasteiger partial charge in [-0.2, -0.15) is 4.98 Å². The van der Waals surface area contributed by atoms with Crippen LogP contribution >= 0.6 is 15.9 Å². The van der Waals surface area contributed by atoms with Crippen LogP contribution in [0.25, 0.3) is 33.9 Å². The second-order valence-electron chi connectivity index (χ2n) is 6.70. The Balaban J connectivity index is 1.51. The van der Waals surface area contributed by atoms with Crippen LogP contribution < -0.4 is 0 Å². The number of hydrogen-bond donors (Lipinski definition) is 0. The lowest BCUT2D eigenvalue weighted by Crippen LogP contribution is -2.02. The van der Waals surface area contributed by atoms with Crippen LogP contribution in [0.2, 0.25) is 0 Å². The van der Waals surface area contributed by atoms with Gasteiger partial charge >= 0.3 is 0 Å². The molecule has 6 heteroatoms. The normalized spacial score (nSPS) is 15.1. The van der Waals surface area contributed by atoms with Crippen molar-refractivity contribution >= 4 is 27.0 Å². The molecule has 1 aliphatic rings. The SMILES string of the molecule is Brc1ccccc1-c1nc(-c2ccc3c(c2)ncn3C2CCCC2)no1. The quantitative estimate of drug-likeness (QED) is 0.440. The number of benzene rings is 2. The molecule has 26 heavy (non-hydrogen) atoms. The standard InChI is InChI=1S/C20H17BrN4O/c21-16-8-4-3-7-15(16)20-23-19(24-26-20)13-9-10-18-17(11-13)22-12-25(18)14-5-1-2-6-14/h3-4,7-12,14H,1-2,5-6H2. The first-order valence-corrected chi connectivity index (χ1v) is 9.64. The topological polar surface area (TPSA) is 56.7 Å². The molecule has 0 aliphatic heterocycles. The smallest absolute Gasteiger partial charge is 0.259 e. The van der Waals surface area contributed by atoms with Crippen molar-refractivity contribution in [2.24, 2.45) is 0 Å². The highest BCUT2D eigenvalue weighted by molar-refractivity contribution is 9.10. The van der Waals surface area contributed by atoms with E-state index < -0.39 is 0 Å². The molecule has 1 fully saturated rings. The van der Waals surface area contributed by atoms with E-state index in [0.29, 0.717) is 17.8 Å². The maximum atomic E-state index is 5.47. The molecule has 0 radical (unpaired) electrons. The van der Waals surface area contributed by atoms with Crippen molar-refractivity contribution in [2.45, 2.75) is 31.7 Å². The van der Waals surface area contributed by atoms with Crippen molar-refractivity contribution in [3.63, 3.8) is 0 Å². The average molecular weight is 409 g/mol. The highest BCUT2D eigenvalue weighted by atomic mass is 79.9. The van der Waals surface area contributed by atoms with Gasteiger partial charge < -0.3 is 9.09 Å². The van der Waals surface area contributed by atoms with E-state index in [1.54, 1.807) is 0 Å². The predicted octanol–water partition coefficient (Wildman–Crippen LogP) is 5.63. The number of imidazole rings is 1. The van der Waals surface area contributed by atoms with Gasteiger partial charge in [0.1, 0.15) is 0 Å². The maximum Gasteiger partial charge on any atom is 0.259 e. The number of nitrogens with zero attached hydrogens (tertiary/aromatic N) is 4. The second-order valence-corrected chi connectivity index (χ2v) is 7.55. The van der Waals surface area contributed by atoms with Crippen LogP contribution in [0.3, 0.4) is 0 Å². The molecule has 0 unspecified atom stereocenters. The Hall–Kier alpha value is -2.47. The molecule has 0 atom stereocenters. The van der Waals surface area contributed by atoms with Crippen LogP contribution in [0.15, 0.2) is 57.8 Å². The molecule has 2 aromatic heterocycles. The van der Waals surface area contributed by atoms with Crippen LogP contribution in [-0.4, -0.2) is 19.7 Å². The van der Waals surface area contributed by atoms with Crippen LogP contribution in [0, 0.1) is 0 Å². The molecule has 130 valence electrons. The van der Waals surface area contributed by atoms with Crippen molar-refractivity contribution in [3.05, 3.63) is 53.3 Å². The average Bonchev–Trinajstić information content (AvgIpc) is 3.41. The minimum absolute atomic E-state index is 0.504. The lowest BCUT2D eigenvalue weighted by Gasteiger charge is -2.11. The summed E-state index contributed by atoms with van der Waals surface area (Å²) in [5, 5.41) is 4.15. The first-order chi connectivity index (χ1) is 12.8. The fourth-order valence-corrected chi connectivity index (χ4v) is 4.18. The predicted molar refractivity (Wildman–Crippen MR) is 104 cm³/mol. The summed E-state index contributed by atoms with van der Waals surface area (Å²) in [5.74, 6) is 1.08. The van der Waals surface area contributed by atoms with E-state index >= 15 is 0 Å². The number of hydrogen-bond acceptors (Lipinski definition) is 4. The Kier molecular flexibility index (Phi) is 3.85. The summed E-state index contributed by atoms with van der Waals surface area (Å²) in [7, 11) is 0. The zero-order chi connectivity index (χ0) is 17.5. The zero-order valence-corrected chi connectivity index (χ0v) is 15.7. The Morgan fingerprint density at radius 1 is 1.08 bits per heavy atom. The number of aromatic nitrogens is 4. The van der Waals surface area contributed by atoms with Gasteiger partial charge in [-0.05, 0) is 59.1 Å². The third-order valence-electron chi connectivity index (χ3n) is 5.08. The Morgan fingerprint density at radius 3 is 2.77 bits per heavy atom. The molecule has 2 aromatic carbocycles. The Morgan fingerprint density at radius 2 is 1.92 bits per heavy atom. The summed E-state index contributed by atoms with van der Waals surface area (Å²) in [6.07, 6.45) is 7.07. The van der Waals surface area contributed by atoms with Gasteiger partial charge in [0, 0.05) is 16.1 Å². The van der Waals surface area contributed by atoms with Gasteiger partial charge in [0.25, 0.3) is 5.89 Å². The lowest BCUT2D eigenvalue weighted by atomic mass is 10.1. The van der Waals surface area contributed by atoms with Gasteiger partial charge in [-0.3, -0.25) is 0 Å². The fourth-order valence-electron chi connectivity index (χ4n) is 3.73. The first kappa shape index (κ1) is 15.8. The Bertz CT molecular complexity index is 1080. The molecule has 2 heterocycles. The maximum absolute atomic E-state index is 5.47. The van der Waals surface area contributed by atoms with E-state index in [2.05, 4.69) is 41.7 Å². The van der Waals surface area contributed by atoms with E-state index in [-0.39, 0.29) is 0 Å². The number of fused-ring (bicyclic) bond motifs is 1. The summed E-state index contributed by atoms with van der Waals surface area (Å²) in [6, 6.07) is 14.6. The van der Waals surface area contributed by atoms with Gasteiger partial charge in [-0.25, -0.2) is 4.98 Å². The molecule has 0 amide bonds. The third-order valence-corrected chi connectivity index (χ3v) is 5.77. The van der Waals surface area contributed by atoms with Crippen molar-refractivity contribution in [1.82, 2.24) is 19.7 Å². The first-order valence-electron chi connectivity index (χ1n) is 8.85. The zero-order valence-electron chi connectivity index (χ0n) is 14.1. The largest absolute Gasteiger partial charge is 0.334 e. The summed E-state index contributed by atoms with van der Waals surface area (Å²) in [5.41, 5.74) is 3.95. The van der Waals surface area contributed by atoms with Gasteiger partial charge in [-0.1, -0.05) is 30.1 Å². The van der Waals surface area contributed by atoms with Crippen LogP contribution in [0.1, 0.15) is 31.7 Å². The van der Waals surface area contributed by atoms with Gasteiger partial charge in [0.15, 0.2) is 0 Å². The van der Waals surface area contributed by atoms with E-state index in [4.69, 9.17) is 4.52 Å². The van der Waals surface area contributed by atoms with Crippen LogP contribution in [0.5, 0.6) is 0 Å². The van der Waals surface area contributed by atoms with Crippen LogP contribution in [0.4, 0.5) is 0 Å². The summed E-state index contributed by atoms with van der Waals surface area (Å²) in [4.78, 5) is 9.16. The molecule has 0 N–H and O–H groups in total. The van der Waals surface area contributed by atoms with E-state index in [1.807, 2.05) is 42.7 Å². The molecule has 4 aromatic rings. The van der Waals surface area contributed by atoms with Gasteiger partial charge in [0.2, 0.25) is 5.82 Å². The fraction of sp³-hybridized carbons (Fsp3) is 0.250. The molecular formula is C20H17BrN4O. The highest BCUT2D eigenvalue weighted by Gasteiger charge is 2.19. The minimum Gasteiger partial charge on any atom is -0.334 e. The molecule has 5 nitrogen and oxygen atoms in total. The molecule has 1 aliphatic carbocycles. The number of halogens is 1. The molecule has 0 bridgehead atoms.